The molecule has 2 rings (SSSR count). The van der Waals surface area contributed by atoms with Gasteiger partial charge in [0, 0.05) is 5.56 Å². The maximum Gasteiger partial charge on any atom is 0.177 e. The van der Waals surface area contributed by atoms with Gasteiger partial charge in [-0.1, -0.05) is 36.0 Å². The first-order valence-electron chi connectivity index (χ1n) is 6.10. The van der Waals surface area contributed by atoms with Crippen molar-refractivity contribution in [2.24, 2.45) is 0 Å². The van der Waals surface area contributed by atoms with Gasteiger partial charge in [-0.3, -0.25) is 4.79 Å². The Bertz CT molecular complexity index is 590. The van der Waals surface area contributed by atoms with E-state index in [2.05, 4.69) is 0 Å². The minimum Gasteiger partial charge on any atom is -0.293 e. The Labute approximate surface area is 122 Å². The van der Waals surface area contributed by atoms with Gasteiger partial charge in [-0.2, -0.15) is 0 Å². The van der Waals surface area contributed by atoms with E-state index in [1.807, 2.05) is 0 Å². The van der Waals surface area contributed by atoms with Crippen molar-refractivity contribution in [3.05, 3.63) is 33.8 Å². The number of ketones is 1. The van der Waals surface area contributed by atoms with Crippen LogP contribution in [0.4, 0.5) is 0 Å². The van der Waals surface area contributed by atoms with Crippen LogP contribution < -0.4 is 0 Å². The van der Waals surface area contributed by atoms with Gasteiger partial charge in [-0.25, -0.2) is 8.42 Å². The van der Waals surface area contributed by atoms with Crippen molar-refractivity contribution in [2.75, 3.05) is 5.75 Å². The molecule has 1 aliphatic rings. The van der Waals surface area contributed by atoms with Gasteiger partial charge in [0.1, 0.15) is 5.75 Å². The van der Waals surface area contributed by atoms with Crippen LogP contribution in [0.25, 0.3) is 0 Å². The van der Waals surface area contributed by atoms with E-state index in [0.29, 0.717) is 17.9 Å². The van der Waals surface area contributed by atoms with E-state index in [-0.39, 0.29) is 15.8 Å². The fourth-order valence-electron chi connectivity index (χ4n) is 2.30. The molecule has 0 N–H and O–H groups in total. The summed E-state index contributed by atoms with van der Waals surface area (Å²) in [5.74, 6) is -0.874. The van der Waals surface area contributed by atoms with Crippen molar-refractivity contribution < 1.29 is 13.2 Å². The monoisotopic (exact) mass is 320 g/mol. The number of sulfone groups is 1. The number of halogens is 2. The summed E-state index contributed by atoms with van der Waals surface area (Å²) in [6.45, 7) is 0. The minimum atomic E-state index is -3.36. The highest BCUT2D eigenvalue weighted by Crippen LogP contribution is 2.27. The van der Waals surface area contributed by atoms with Gasteiger partial charge in [-0.05, 0) is 31.0 Å². The molecule has 0 saturated heterocycles. The molecule has 0 unspecified atom stereocenters. The molecule has 0 bridgehead atoms. The Morgan fingerprint density at radius 2 is 1.79 bits per heavy atom. The topological polar surface area (TPSA) is 51.2 Å². The third-order valence-corrected chi connectivity index (χ3v) is 6.27. The molecule has 3 nitrogen and oxygen atoms in total. The van der Waals surface area contributed by atoms with Gasteiger partial charge in [0.15, 0.2) is 15.6 Å². The fraction of sp³-hybridized carbons (Fsp3) is 0.462. The van der Waals surface area contributed by atoms with Crippen molar-refractivity contribution >= 4 is 38.8 Å². The number of benzene rings is 1. The first kappa shape index (κ1) is 14.8. The molecule has 6 heteroatoms. The SMILES string of the molecule is O=C(CS(=O)(=O)C1CCCC1)c1ccc(Cl)c(Cl)c1. The highest BCUT2D eigenvalue weighted by molar-refractivity contribution is 7.92. The lowest BCUT2D eigenvalue weighted by atomic mass is 10.1. The van der Waals surface area contributed by atoms with Gasteiger partial charge in [-0.15, -0.1) is 0 Å². The number of carbonyl (C=O) groups is 1. The smallest absolute Gasteiger partial charge is 0.177 e. The Balaban J connectivity index is 2.14. The Kier molecular flexibility index (Phi) is 4.54. The molecule has 0 spiro atoms. The Hall–Kier alpha value is -0.580. The lowest BCUT2D eigenvalue weighted by Crippen LogP contribution is -2.25. The Morgan fingerprint density at radius 3 is 2.37 bits per heavy atom. The number of hydrogen-bond donors (Lipinski definition) is 0. The standard InChI is InChI=1S/C13H14Cl2O3S/c14-11-6-5-9(7-12(11)15)13(16)8-19(17,18)10-3-1-2-4-10/h5-7,10H,1-4,8H2. The summed E-state index contributed by atoms with van der Waals surface area (Å²) >= 11 is 11.6. The largest absolute Gasteiger partial charge is 0.293 e. The van der Waals surface area contributed by atoms with E-state index < -0.39 is 21.4 Å². The van der Waals surface area contributed by atoms with E-state index in [4.69, 9.17) is 23.2 Å². The van der Waals surface area contributed by atoms with Gasteiger partial charge in [0.05, 0.1) is 15.3 Å². The van der Waals surface area contributed by atoms with Crippen LogP contribution in [0.2, 0.25) is 10.0 Å². The zero-order valence-corrected chi connectivity index (χ0v) is 12.6. The Morgan fingerprint density at radius 1 is 1.16 bits per heavy atom. The second-order valence-electron chi connectivity index (χ2n) is 4.77. The van der Waals surface area contributed by atoms with Gasteiger partial charge >= 0.3 is 0 Å². The molecule has 0 amide bonds. The summed E-state index contributed by atoms with van der Waals surface area (Å²) in [4.78, 5) is 12.0. The summed E-state index contributed by atoms with van der Waals surface area (Å²) in [6, 6.07) is 4.41. The summed E-state index contributed by atoms with van der Waals surface area (Å²) in [6.07, 6.45) is 3.17. The van der Waals surface area contributed by atoms with Crippen molar-refractivity contribution in [2.45, 2.75) is 30.9 Å². The molecule has 1 aliphatic carbocycles. The molecule has 0 heterocycles. The van der Waals surface area contributed by atoms with Crippen LogP contribution in [0.1, 0.15) is 36.0 Å². The van der Waals surface area contributed by atoms with Gasteiger partial charge < -0.3 is 0 Å². The highest BCUT2D eigenvalue weighted by atomic mass is 35.5. The molecule has 1 fully saturated rings. The summed E-state index contributed by atoms with van der Waals surface area (Å²) in [7, 11) is -3.36. The second-order valence-corrected chi connectivity index (χ2v) is 7.86. The number of Topliss-reactive ketones (excluding diaryl/α,β-unsaturated/α-hetero) is 1. The first-order chi connectivity index (χ1) is 8.90. The lowest BCUT2D eigenvalue weighted by molar-refractivity contribution is 0.102. The fourth-order valence-corrected chi connectivity index (χ4v) is 4.42. The third-order valence-electron chi connectivity index (χ3n) is 3.38. The predicted molar refractivity (Wildman–Crippen MR) is 76.8 cm³/mol. The molecule has 1 saturated carbocycles. The zero-order valence-electron chi connectivity index (χ0n) is 10.2. The maximum absolute atomic E-state index is 12.1. The van der Waals surface area contributed by atoms with Crippen LogP contribution >= 0.6 is 23.2 Å². The molecule has 0 atom stereocenters. The minimum absolute atomic E-state index is 0.255. The molecule has 0 aromatic heterocycles. The number of rotatable bonds is 4. The molecule has 104 valence electrons. The summed E-state index contributed by atoms with van der Waals surface area (Å²) < 4.78 is 24.2. The van der Waals surface area contributed by atoms with Crippen molar-refractivity contribution in [1.29, 1.82) is 0 Å². The van der Waals surface area contributed by atoms with Crippen molar-refractivity contribution in [1.82, 2.24) is 0 Å². The summed E-state index contributed by atoms with van der Waals surface area (Å²) in [5, 5.41) is 0.238. The average molecular weight is 321 g/mol. The van der Waals surface area contributed by atoms with E-state index in [0.717, 1.165) is 12.8 Å². The first-order valence-corrected chi connectivity index (χ1v) is 8.57. The van der Waals surface area contributed by atoms with Crippen molar-refractivity contribution in [3.63, 3.8) is 0 Å². The third kappa shape index (κ3) is 3.50. The van der Waals surface area contributed by atoms with Crippen LogP contribution in [-0.2, 0) is 9.84 Å². The van der Waals surface area contributed by atoms with Crippen molar-refractivity contribution in [3.8, 4) is 0 Å². The van der Waals surface area contributed by atoms with E-state index in [1.165, 1.54) is 18.2 Å². The molecular weight excluding hydrogens is 307 g/mol. The molecule has 19 heavy (non-hydrogen) atoms. The molecule has 1 aromatic rings. The van der Waals surface area contributed by atoms with Crippen LogP contribution in [0.3, 0.4) is 0 Å². The van der Waals surface area contributed by atoms with E-state index in [1.54, 1.807) is 0 Å². The highest BCUT2D eigenvalue weighted by Gasteiger charge is 2.30. The van der Waals surface area contributed by atoms with E-state index in [9.17, 15) is 13.2 Å². The van der Waals surface area contributed by atoms with Crippen LogP contribution in [0, 0.1) is 0 Å². The molecule has 0 radical (unpaired) electrons. The van der Waals surface area contributed by atoms with Crippen LogP contribution in [0.5, 0.6) is 0 Å². The second kappa shape index (κ2) is 5.81. The quantitative estimate of drug-likeness (QED) is 0.797. The number of carbonyl (C=O) groups excluding carboxylic acids is 1. The van der Waals surface area contributed by atoms with Gasteiger partial charge in [0.2, 0.25) is 0 Å². The number of hydrogen-bond acceptors (Lipinski definition) is 3. The zero-order chi connectivity index (χ0) is 14.0. The molecule has 1 aromatic carbocycles. The predicted octanol–water partition coefficient (Wildman–Crippen LogP) is 3.53. The normalized spacial score (nSPS) is 16.7. The van der Waals surface area contributed by atoms with Gasteiger partial charge in [0.25, 0.3) is 0 Å². The summed E-state index contributed by atoms with van der Waals surface area (Å²) in [5.41, 5.74) is 0.288. The molecule has 0 aliphatic heterocycles. The van der Waals surface area contributed by atoms with Crippen LogP contribution in [0.15, 0.2) is 18.2 Å². The van der Waals surface area contributed by atoms with Crippen LogP contribution in [-0.4, -0.2) is 25.2 Å². The maximum atomic E-state index is 12.1. The average Bonchev–Trinajstić information content (AvgIpc) is 2.86. The molecular formula is C13H14Cl2O3S. The van der Waals surface area contributed by atoms with E-state index >= 15 is 0 Å². The lowest BCUT2D eigenvalue weighted by Gasteiger charge is -2.10.